The summed E-state index contributed by atoms with van der Waals surface area (Å²) < 4.78 is 11.9. The Morgan fingerprint density at radius 3 is 2.62 bits per heavy atom. The van der Waals surface area contributed by atoms with Gasteiger partial charge in [-0.2, -0.15) is 5.26 Å². The molecule has 0 aromatic heterocycles. The average Bonchev–Trinajstić information content (AvgIpc) is 2.70. The second-order valence-electron chi connectivity index (χ2n) is 6.13. The lowest BCUT2D eigenvalue weighted by Crippen LogP contribution is -2.21. The van der Waals surface area contributed by atoms with Gasteiger partial charge >= 0.3 is 0 Å². The van der Waals surface area contributed by atoms with Crippen molar-refractivity contribution in [2.75, 3.05) is 19.0 Å². The zero-order chi connectivity index (χ0) is 21.6. The van der Waals surface area contributed by atoms with E-state index in [2.05, 4.69) is 21.2 Å². The summed E-state index contributed by atoms with van der Waals surface area (Å²) in [5.74, 6) is 0.529. The van der Waals surface area contributed by atoms with Crippen LogP contribution in [0.25, 0.3) is 6.08 Å². The van der Waals surface area contributed by atoms with E-state index < -0.39 is 0 Å². The monoisotopic (exact) mass is 473 g/mol. The topological polar surface area (TPSA) is 97.4 Å². The van der Waals surface area contributed by atoms with Crippen LogP contribution in [0.2, 0.25) is 0 Å². The number of nitrogens with two attached hydrogens (primary N) is 1. The van der Waals surface area contributed by atoms with E-state index in [-0.39, 0.29) is 23.1 Å². The Balaban J connectivity index is 2.10. The van der Waals surface area contributed by atoms with E-state index in [0.717, 1.165) is 21.3 Å². The highest BCUT2D eigenvalue weighted by molar-refractivity contribution is 9.10. The summed E-state index contributed by atoms with van der Waals surface area (Å²) in [6.07, 6.45) is 1.56. The minimum absolute atomic E-state index is 0.0157. The number of nitrogens with one attached hydrogen (secondary N) is 1. The maximum Gasteiger partial charge on any atom is 0.262 e. The van der Waals surface area contributed by atoms with Crippen LogP contribution in [0.3, 0.4) is 0 Å². The molecule has 0 radical (unpaired) electrons. The molecule has 0 unspecified atom stereocenters. The van der Waals surface area contributed by atoms with Gasteiger partial charge in [0.05, 0.1) is 12.7 Å². The first-order valence-electron chi connectivity index (χ1n) is 8.54. The second-order valence-corrected chi connectivity index (χ2v) is 7.42. The van der Waals surface area contributed by atoms with E-state index in [1.807, 2.05) is 32.0 Å². The Labute approximate surface area is 183 Å². The number of carbonyl (C=O) groups is 1. The number of anilines is 1. The molecule has 0 aliphatic carbocycles. The maximum atomic E-state index is 12.3. The highest BCUT2D eigenvalue weighted by Gasteiger charge is 2.11. The Hall–Kier alpha value is -2.89. The molecule has 150 valence electrons. The summed E-state index contributed by atoms with van der Waals surface area (Å²) in [5, 5.41) is 11.9. The van der Waals surface area contributed by atoms with Gasteiger partial charge in [-0.15, -0.1) is 0 Å². The van der Waals surface area contributed by atoms with Gasteiger partial charge in [0.1, 0.15) is 11.1 Å². The first-order chi connectivity index (χ1) is 13.8. The number of hydrogen-bond donors (Lipinski definition) is 2. The lowest BCUT2D eigenvalue weighted by Gasteiger charge is -2.14. The molecule has 3 N–H and O–H groups in total. The molecule has 0 saturated heterocycles. The first kappa shape index (κ1) is 22.4. The molecule has 0 spiro atoms. The minimum atomic E-state index is -0.291. The fraction of sp³-hybridized carbons (Fsp3) is 0.190. The van der Waals surface area contributed by atoms with Crippen LogP contribution in [-0.2, 0) is 4.79 Å². The van der Waals surface area contributed by atoms with Gasteiger partial charge in [-0.3, -0.25) is 4.79 Å². The fourth-order valence-corrected chi connectivity index (χ4v) is 3.01. The van der Waals surface area contributed by atoms with Crippen LogP contribution in [0.4, 0.5) is 5.69 Å². The standard InChI is InChI=1S/C21H20BrN3O3S/c1-12-13(2)17(6-5-16(12)22)25-20(26)11-28-18-7-4-14(9-19(18)27-3)8-15(10-23)21(24)29/h4-9H,11H2,1-3H3,(H2,24,29)(H,25,26)/b15-8+. The van der Waals surface area contributed by atoms with Crippen LogP contribution in [-0.4, -0.2) is 24.6 Å². The molecule has 0 atom stereocenters. The van der Waals surface area contributed by atoms with Crippen molar-refractivity contribution in [1.29, 1.82) is 5.26 Å². The number of halogens is 1. The van der Waals surface area contributed by atoms with Crippen LogP contribution in [0.1, 0.15) is 16.7 Å². The number of amides is 1. The number of nitrogens with zero attached hydrogens (tertiary/aromatic N) is 1. The first-order valence-corrected chi connectivity index (χ1v) is 9.75. The Bertz CT molecular complexity index is 1030. The number of hydrogen-bond acceptors (Lipinski definition) is 5. The number of methoxy groups -OCH3 is 1. The van der Waals surface area contributed by atoms with E-state index in [0.29, 0.717) is 17.1 Å². The Morgan fingerprint density at radius 1 is 1.28 bits per heavy atom. The molecular weight excluding hydrogens is 454 g/mol. The molecular formula is C21H20BrN3O3S. The van der Waals surface area contributed by atoms with Crippen molar-refractivity contribution in [3.05, 3.63) is 57.1 Å². The van der Waals surface area contributed by atoms with E-state index in [1.54, 1.807) is 24.3 Å². The van der Waals surface area contributed by atoms with E-state index >= 15 is 0 Å². The fourth-order valence-electron chi connectivity index (χ4n) is 2.47. The summed E-state index contributed by atoms with van der Waals surface area (Å²) in [6.45, 7) is 3.73. The van der Waals surface area contributed by atoms with Gasteiger partial charge in [0.15, 0.2) is 18.1 Å². The number of ether oxygens (including phenoxy) is 2. The summed E-state index contributed by atoms with van der Waals surface area (Å²) >= 11 is 8.30. The van der Waals surface area contributed by atoms with Crippen molar-refractivity contribution in [1.82, 2.24) is 0 Å². The normalized spacial score (nSPS) is 10.8. The van der Waals surface area contributed by atoms with Gasteiger partial charge in [-0.1, -0.05) is 34.2 Å². The SMILES string of the molecule is COc1cc(/C=C(\C#N)C(N)=S)ccc1OCC(=O)Nc1ccc(Br)c(C)c1C. The van der Waals surface area contributed by atoms with E-state index in [9.17, 15) is 4.79 Å². The summed E-state index contributed by atoms with van der Waals surface area (Å²) in [7, 11) is 1.49. The molecule has 0 aliphatic heterocycles. The Morgan fingerprint density at radius 2 is 2.00 bits per heavy atom. The number of benzene rings is 2. The maximum absolute atomic E-state index is 12.3. The molecule has 0 fully saturated rings. The third-order valence-corrected chi connectivity index (χ3v) is 5.32. The van der Waals surface area contributed by atoms with E-state index in [4.69, 9.17) is 32.7 Å². The highest BCUT2D eigenvalue weighted by Crippen LogP contribution is 2.29. The van der Waals surface area contributed by atoms with Crippen molar-refractivity contribution in [3.8, 4) is 17.6 Å². The zero-order valence-corrected chi connectivity index (χ0v) is 18.6. The Kier molecular flexibility index (Phi) is 7.76. The number of nitriles is 1. The second kappa shape index (κ2) is 10.0. The zero-order valence-electron chi connectivity index (χ0n) is 16.2. The quantitative estimate of drug-likeness (QED) is 0.353. The molecule has 0 bridgehead atoms. The predicted octanol–water partition coefficient (Wildman–Crippen LogP) is 4.29. The molecule has 29 heavy (non-hydrogen) atoms. The molecule has 2 aromatic rings. The average molecular weight is 474 g/mol. The number of rotatable bonds is 7. The lowest BCUT2D eigenvalue weighted by atomic mass is 10.1. The van der Waals surface area contributed by atoms with Crippen LogP contribution in [0, 0.1) is 25.2 Å². The van der Waals surface area contributed by atoms with Crippen LogP contribution in [0.15, 0.2) is 40.4 Å². The van der Waals surface area contributed by atoms with Gasteiger partial charge in [-0.05, 0) is 60.9 Å². The van der Waals surface area contributed by atoms with E-state index in [1.165, 1.54) is 7.11 Å². The van der Waals surface area contributed by atoms with Gasteiger partial charge in [0.2, 0.25) is 0 Å². The summed E-state index contributed by atoms with van der Waals surface area (Å²) in [4.78, 5) is 12.3. The molecule has 6 nitrogen and oxygen atoms in total. The summed E-state index contributed by atoms with van der Waals surface area (Å²) in [6, 6.07) is 10.7. The van der Waals surface area contributed by atoms with Crippen molar-refractivity contribution >= 4 is 50.8 Å². The number of thiocarbonyl (C=S) groups is 1. The smallest absolute Gasteiger partial charge is 0.262 e. The molecule has 2 rings (SSSR count). The molecule has 0 saturated carbocycles. The van der Waals surface area contributed by atoms with Crippen LogP contribution in [0.5, 0.6) is 11.5 Å². The van der Waals surface area contributed by atoms with Crippen molar-refractivity contribution in [2.45, 2.75) is 13.8 Å². The molecule has 1 amide bonds. The molecule has 8 heteroatoms. The van der Waals surface area contributed by atoms with Crippen molar-refractivity contribution in [3.63, 3.8) is 0 Å². The molecule has 0 aliphatic rings. The van der Waals surface area contributed by atoms with Gasteiger partial charge in [-0.25, -0.2) is 0 Å². The van der Waals surface area contributed by atoms with Crippen molar-refractivity contribution < 1.29 is 14.3 Å². The third kappa shape index (κ3) is 5.79. The van der Waals surface area contributed by atoms with Gasteiger partial charge in [0.25, 0.3) is 5.91 Å². The minimum Gasteiger partial charge on any atom is -0.493 e. The van der Waals surface area contributed by atoms with Crippen LogP contribution < -0.4 is 20.5 Å². The molecule has 2 aromatic carbocycles. The summed E-state index contributed by atoms with van der Waals surface area (Å²) in [5.41, 5.74) is 9.13. The van der Waals surface area contributed by atoms with Gasteiger partial charge < -0.3 is 20.5 Å². The van der Waals surface area contributed by atoms with Crippen LogP contribution >= 0.6 is 28.1 Å². The highest BCUT2D eigenvalue weighted by atomic mass is 79.9. The lowest BCUT2D eigenvalue weighted by molar-refractivity contribution is -0.118. The van der Waals surface area contributed by atoms with Crippen molar-refractivity contribution in [2.24, 2.45) is 5.73 Å². The predicted molar refractivity (Wildman–Crippen MR) is 121 cm³/mol. The number of carbonyl (C=O) groups excluding carboxylic acids is 1. The molecule has 0 heterocycles. The largest absolute Gasteiger partial charge is 0.493 e. The third-order valence-electron chi connectivity index (χ3n) is 4.24. The van der Waals surface area contributed by atoms with Gasteiger partial charge in [0, 0.05) is 10.2 Å².